The normalized spacial score (nSPS) is 14.5. The molecule has 0 bridgehead atoms. The lowest BCUT2D eigenvalue weighted by molar-refractivity contribution is -0.120. The Balaban J connectivity index is 1.30. The first-order chi connectivity index (χ1) is 15.2. The van der Waals surface area contributed by atoms with Gasteiger partial charge in [0, 0.05) is 43.5 Å². The molecule has 0 aliphatic carbocycles. The van der Waals surface area contributed by atoms with Crippen LogP contribution in [0.25, 0.3) is 5.82 Å². The van der Waals surface area contributed by atoms with E-state index in [0.29, 0.717) is 5.82 Å². The van der Waals surface area contributed by atoms with Gasteiger partial charge in [-0.3, -0.25) is 4.79 Å². The minimum absolute atomic E-state index is 0.00101. The minimum Gasteiger partial charge on any atom is -0.372 e. The molecule has 2 aromatic heterocycles. The summed E-state index contributed by atoms with van der Waals surface area (Å²) < 4.78 is 1.57. The number of nitrogens with one attached hydrogen (secondary N) is 1. The van der Waals surface area contributed by atoms with E-state index in [1.165, 1.54) is 12.0 Å². The number of benzene rings is 1. The molecular weight excluding hydrogens is 392 g/mol. The van der Waals surface area contributed by atoms with Crippen molar-refractivity contribution in [1.29, 1.82) is 0 Å². The summed E-state index contributed by atoms with van der Waals surface area (Å²) in [6, 6.07) is 11.9. The summed E-state index contributed by atoms with van der Waals surface area (Å²) >= 11 is 0. The lowest BCUT2D eigenvalue weighted by Gasteiger charge is -2.31. The van der Waals surface area contributed by atoms with Crippen molar-refractivity contribution in [2.24, 2.45) is 5.92 Å². The Morgan fingerprint density at radius 3 is 2.29 bits per heavy atom. The second-order valence-corrected chi connectivity index (χ2v) is 7.56. The predicted octanol–water partition coefficient (Wildman–Crippen LogP) is 2.76. The van der Waals surface area contributed by atoms with Crippen LogP contribution in [0.4, 0.5) is 17.2 Å². The number of anilines is 3. The molecule has 0 unspecified atom stereocenters. The van der Waals surface area contributed by atoms with Crippen molar-refractivity contribution in [1.82, 2.24) is 25.0 Å². The molecule has 9 heteroatoms. The fraction of sp³-hybridized carbons (Fsp3) is 0.409. The Morgan fingerprint density at radius 2 is 1.71 bits per heavy atom. The average molecular weight is 421 g/mol. The second-order valence-electron chi connectivity index (χ2n) is 7.56. The van der Waals surface area contributed by atoms with E-state index in [4.69, 9.17) is 0 Å². The molecule has 1 N–H and O–H groups in total. The van der Waals surface area contributed by atoms with Crippen molar-refractivity contribution >= 4 is 23.1 Å². The van der Waals surface area contributed by atoms with Gasteiger partial charge in [-0.05, 0) is 63.1 Å². The van der Waals surface area contributed by atoms with Crippen LogP contribution >= 0.6 is 0 Å². The second kappa shape index (κ2) is 9.55. The van der Waals surface area contributed by atoms with E-state index in [0.717, 1.165) is 50.5 Å². The molecule has 1 aliphatic rings. The van der Waals surface area contributed by atoms with Gasteiger partial charge in [-0.1, -0.05) is 0 Å². The number of aromatic nitrogens is 5. The summed E-state index contributed by atoms with van der Waals surface area (Å²) in [6.45, 7) is 7.76. The Hall–Kier alpha value is -3.49. The van der Waals surface area contributed by atoms with Crippen molar-refractivity contribution in [2.45, 2.75) is 26.7 Å². The van der Waals surface area contributed by atoms with Crippen LogP contribution in [0.3, 0.4) is 0 Å². The maximum Gasteiger partial charge on any atom is 0.227 e. The Bertz CT molecular complexity index is 960. The van der Waals surface area contributed by atoms with Crippen LogP contribution in [-0.4, -0.2) is 57.0 Å². The Labute approximate surface area is 182 Å². The number of amides is 1. The number of piperidine rings is 1. The van der Waals surface area contributed by atoms with Gasteiger partial charge >= 0.3 is 0 Å². The van der Waals surface area contributed by atoms with E-state index in [2.05, 4.69) is 61.4 Å². The largest absolute Gasteiger partial charge is 0.372 e. The molecular formula is C22H28N8O. The predicted molar refractivity (Wildman–Crippen MR) is 121 cm³/mol. The monoisotopic (exact) mass is 420 g/mol. The van der Waals surface area contributed by atoms with Gasteiger partial charge in [-0.25, -0.2) is 9.67 Å². The lowest BCUT2D eigenvalue weighted by atomic mass is 9.96. The third-order valence-electron chi connectivity index (χ3n) is 5.74. The summed E-state index contributed by atoms with van der Waals surface area (Å²) in [6.07, 6.45) is 4.63. The Kier molecular flexibility index (Phi) is 6.40. The molecule has 3 aromatic rings. The first-order valence-corrected chi connectivity index (χ1v) is 10.8. The van der Waals surface area contributed by atoms with E-state index in [1.54, 1.807) is 11.0 Å². The minimum atomic E-state index is 0.00101. The number of nitrogens with zero attached hydrogens (tertiary/aromatic N) is 7. The third-order valence-corrected chi connectivity index (χ3v) is 5.74. The smallest absolute Gasteiger partial charge is 0.227 e. The van der Waals surface area contributed by atoms with Crippen molar-refractivity contribution in [2.75, 3.05) is 41.3 Å². The van der Waals surface area contributed by atoms with Crippen LogP contribution in [0.15, 0.2) is 49.1 Å². The molecule has 0 saturated carbocycles. The van der Waals surface area contributed by atoms with E-state index >= 15 is 0 Å². The van der Waals surface area contributed by atoms with Crippen LogP contribution < -0.4 is 15.1 Å². The van der Waals surface area contributed by atoms with Crippen LogP contribution in [-0.2, 0) is 4.79 Å². The first-order valence-electron chi connectivity index (χ1n) is 10.8. The van der Waals surface area contributed by atoms with E-state index in [9.17, 15) is 4.79 Å². The quantitative estimate of drug-likeness (QED) is 0.628. The van der Waals surface area contributed by atoms with Crippen LogP contribution in [0, 0.1) is 5.92 Å². The topological polar surface area (TPSA) is 92.1 Å². The highest BCUT2D eigenvalue weighted by Gasteiger charge is 2.26. The summed E-state index contributed by atoms with van der Waals surface area (Å²) in [7, 11) is 0. The number of carbonyl (C=O) groups is 1. The van der Waals surface area contributed by atoms with Gasteiger partial charge in [-0.2, -0.15) is 5.10 Å². The fourth-order valence-corrected chi connectivity index (χ4v) is 3.90. The van der Waals surface area contributed by atoms with Gasteiger partial charge in [0.05, 0.1) is 0 Å². The molecule has 0 spiro atoms. The number of hydrogen-bond donors (Lipinski definition) is 1. The van der Waals surface area contributed by atoms with Crippen LogP contribution in [0.2, 0.25) is 0 Å². The van der Waals surface area contributed by atoms with Gasteiger partial charge < -0.3 is 15.1 Å². The zero-order chi connectivity index (χ0) is 21.6. The molecule has 162 valence electrons. The maximum absolute atomic E-state index is 12.7. The van der Waals surface area contributed by atoms with Gasteiger partial charge in [0.2, 0.25) is 5.91 Å². The molecule has 3 heterocycles. The molecule has 4 rings (SSSR count). The lowest BCUT2D eigenvalue weighted by Crippen LogP contribution is -2.38. The average Bonchev–Trinajstić information content (AvgIpc) is 3.36. The van der Waals surface area contributed by atoms with Crippen molar-refractivity contribution < 1.29 is 4.79 Å². The van der Waals surface area contributed by atoms with Gasteiger partial charge in [-0.15, -0.1) is 10.2 Å². The highest BCUT2D eigenvalue weighted by atomic mass is 16.1. The maximum atomic E-state index is 12.7. The molecule has 9 nitrogen and oxygen atoms in total. The summed E-state index contributed by atoms with van der Waals surface area (Å²) in [5.41, 5.74) is 2.02. The van der Waals surface area contributed by atoms with E-state index in [1.807, 2.05) is 24.3 Å². The SMILES string of the molecule is CCN(CC)c1ccc(NC(=O)C2CCN(c3ccc(-n4cncn4)nn3)CC2)cc1. The van der Waals surface area contributed by atoms with Crippen LogP contribution in [0.5, 0.6) is 0 Å². The third kappa shape index (κ3) is 4.82. The zero-order valence-corrected chi connectivity index (χ0v) is 18.0. The molecule has 1 fully saturated rings. The molecule has 0 atom stereocenters. The number of carbonyl (C=O) groups excluding carboxylic acids is 1. The summed E-state index contributed by atoms with van der Waals surface area (Å²) in [4.78, 5) is 21.1. The van der Waals surface area contributed by atoms with E-state index < -0.39 is 0 Å². The van der Waals surface area contributed by atoms with E-state index in [-0.39, 0.29) is 11.8 Å². The molecule has 1 amide bonds. The van der Waals surface area contributed by atoms with Crippen molar-refractivity contribution in [3.63, 3.8) is 0 Å². The fourth-order valence-electron chi connectivity index (χ4n) is 3.90. The van der Waals surface area contributed by atoms with Crippen molar-refractivity contribution in [3.05, 3.63) is 49.1 Å². The summed E-state index contributed by atoms with van der Waals surface area (Å²) in [5, 5.41) is 15.7. The van der Waals surface area contributed by atoms with Crippen molar-refractivity contribution in [3.8, 4) is 5.82 Å². The van der Waals surface area contributed by atoms with Gasteiger partial charge in [0.1, 0.15) is 12.7 Å². The van der Waals surface area contributed by atoms with Gasteiger partial charge in [0.25, 0.3) is 0 Å². The number of hydrogen-bond acceptors (Lipinski definition) is 7. The molecule has 0 radical (unpaired) electrons. The molecule has 1 saturated heterocycles. The first kappa shape index (κ1) is 20.8. The number of rotatable bonds is 7. The Morgan fingerprint density at radius 1 is 1.03 bits per heavy atom. The highest BCUT2D eigenvalue weighted by molar-refractivity contribution is 5.92. The molecule has 1 aliphatic heterocycles. The molecule has 31 heavy (non-hydrogen) atoms. The van der Waals surface area contributed by atoms with Crippen LogP contribution in [0.1, 0.15) is 26.7 Å². The molecule has 1 aromatic carbocycles. The van der Waals surface area contributed by atoms with Gasteiger partial charge in [0.15, 0.2) is 11.6 Å². The highest BCUT2D eigenvalue weighted by Crippen LogP contribution is 2.24. The summed E-state index contributed by atoms with van der Waals surface area (Å²) in [5.74, 6) is 1.53. The standard InChI is InChI=1S/C22H28N8O/c1-3-28(4-2)19-7-5-18(6-8-19)25-22(31)17-11-13-29(14-12-17)20-9-10-21(27-26-20)30-16-23-15-24-30/h5-10,15-17H,3-4,11-14H2,1-2H3,(H,25,31). The zero-order valence-electron chi connectivity index (χ0n) is 18.0.